The first-order valence-electron chi connectivity index (χ1n) is 10.7. The lowest BCUT2D eigenvalue weighted by Crippen LogP contribution is -2.23. The van der Waals surface area contributed by atoms with Gasteiger partial charge in [0.05, 0.1) is 12.7 Å². The Morgan fingerprint density at radius 1 is 0.765 bits per heavy atom. The van der Waals surface area contributed by atoms with Crippen molar-refractivity contribution in [2.75, 3.05) is 0 Å². The maximum absolute atomic E-state index is 13.3. The first kappa shape index (κ1) is 23.5. The normalized spacial score (nSPS) is 11.7. The second-order valence-electron chi connectivity index (χ2n) is 7.93. The molecule has 0 saturated heterocycles. The van der Waals surface area contributed by atoms with Crippen LogP contribution in [0.15, 0.2) is 85.1 Å². The molecule has 8 heteroatoms. The van der Waals surface area contributed by atoms with Crippen molar-refractivity contribution in [3.8, 4) is 5.75 Å². The lowest BCUT2D eigenvalue weighted by molar-refractivity contribution is -0.141. The summed E-state index contributed by atoms with van der Waals surface area (Å²) in [5.41, 5.74) is 1.97. The molecule has 1 aromatic heterocycles. The molecule has 0 bridgehead atoms. The van der Waals surface area contributed by atoms with Crippen molar-refractivity contribution in [1.29, 1.82) is 0 Å². The highest BCUT2D eigenvalue weighted by Gasteiger charge is 2.33. The molecule has 0 aliphatic rings. The van der Waals surface area contributed by atoms with Crippen molar-refractivity contribution < 1.29 is 22.3 Å². The van der Waals surface area contributed by atoms with Gasteiger partial charge in [0.15, 0.2) is 0 Å². The Balaban J connectivity index is 1.44. The standard InChI is InChI=1S/C26H23F4N3O/c27-22-10-6-19(7-11-22)15-33(17-25-31-14-24(32-25)26(28,29)30)16-20-8-12-23(13-9-20)34-18-21-4-2-1-3-5-21/h1-14H,15-18H2,(H,31,32). The SMILES string of the molecule is Fc1ccc(CN(Cc2ccc(OCc3ccccc3)cc2)Cc2ncc(C(F)(F)F)[nH]2)cc1. The Bertz CT molecular complexity index is 1170. The maximum atomic E-state index is 13.3. The van der Waals surface area contributed by atoms with Gasteiger partial charge < -0.3 is 9.72 Å². The molecule has 0 amide bonds. The molecule has 0 aliphatic heterocycles. The topological polar surface area (TPSA) is 41.1 Å². The minimum absolute atomic E-state index is 0.166. The van der Waals surface area contributed by atoms with E-state index in [0.29, 0.717) is 19.7 Å². The molecule has 1 heterocycles. The summed E-state index contributed by atoms with van der Waals surface area (Å²) in [4.78, 5) is 8.17. The van der Waals surface area contributed by atoms with Gasteiger partial charge >= 0.3 is 6.18 Å². The third kappa shape index (κ3) is 6.68. The lowest BCUT2D eigenvalue weighted by atomic mass is 10.1. The Morgan fingerprint density at radius 2 is 1.38 bits per heavy atom. The molecule has 0 fully saturated rings. The molecule has 0 saturated carbocycles. The number of aromatic nitrogens is 2. The number of H-pyrrole nitrogens is 1. The third-order valence-electron chi connectivity index (χ3n) is 5.20. The van der Waals surface area contributed by atoms with Crippen LogP contribution in [0.4, 0.5) is 17.6 Å². The highest BCUT2D eigenvalue weighted by Crippen LogP contribution is 2.27. The van der Waals surface area contributed by atoms with Crippen LogP contribution in [0, 0.1) is 5.82 Å². The zero-order valence-electron chi connectivity index (χ0n) is 18.2. The number of hydrogen-bond donors (Lipinski definition) is 1. The van der Waals surface area contributed by atoms with Crippen LogP contribution < -0.4 is 4.74 Å². The van der Waals surface area contributed by atoms with Crippen molar-refractivity contribution in [2.45, 2.75) is 32.4 Å². The first-order valence-corrected chi connectivity index (χ1v) is 10.7. The Hall–Kier alpha value is -3.65. The number of benzene rings is 3. The number of rotatable bonds is 9. The van der Waals surface area contributed by atoms with Gasteiger partial charge in [-0.1, -0.05) is 54.6 Å². The summed E-state index contributed by atoms with van der Waals surface area (Å²) >= 11 is 0. The number of aromatic amines is 1. The summed E-state index contributed by atoms with van der Waals surface area (Å²) < 4.78 is 58.0. The molecule has 0 unspecified atom stereocenters. The zero-order chi connectivity index (χ0) is 24.0. The van der Waals surface area contributed by atoms with Crippen LogP contribution in [0.1, 0.15) is 28.2 Å². The van der Waals surface area contributed by atoms with E-state index < -0.39 is 11.9 Å². The second-order valence-corrected chi connectivity index (χ2v) is 7.93. The number of alkyl halides is 3. The molecule has 3 aromatic carbocycles. The fourth-order valence-corrected chi connectivity index (χ4v) is 3.50. The van der Waals surface area contributed by atoms with Crippen LogP contribution in [0.3, 0.4) is 0 Å². The number of nitrogens with zero attached hydrogens (tertiary/aromatic N) is 2. The van der Waals surface area contributed by atoms with Crippen molar-refractivity contribution >= 4 is 0 Å². The lowest BCUT2D eigenvalue weighted by Gasteiger charge is -2.22. The molecule has 1 N–H and O–H groups in total. The average Bonchev–Trinajstić information content (AvgIpc) is 3.30. The molecule has 34 heavy (non-hydrogen) atoms. The van der Waals surface area contributed by atoms with E-state index in [0.717, 1.165) is 28.6 Å². The molecule has 0 spiro atoms. The molecule has 4 aromatic rings. The van der Waals surface area contributed by atoms with E-state index in [9.17, 15) is 17.6 Å². The van der Waals surface area contributed by atoms with Crippen LogP contribution in [-0.4, -0.2) is 14.9 Å². The summed E-state index contributed by atoms with van der Waals surface area (Å²) in [7, 11) is 0. The number of imidazole rings is 1. The molecule has 176 valence electrons. The largest absolute Gasteiger partial charge is 0.489 e. The molecule has 4 rings (SSSR count). The third-order valence-corrected chi connectivity index (χ3v) is 5.20. The fourth-order valence-electron chi connectivity index (χ4n) is 3.50. The van der Waals surface area contributed by atoms with Gasteiger partial charge in [0.2, 0.25) is 0 Å². The van der Waals surface area contributed by atoms with E-state index in [1.807, 2.05) is 59.5 Å². The van der Waals surface area contributed by atoms with Crippen LogP contribution in [0.2, 0.25) is 0 Å². The minimum Gasteiger partial charge on any atom is -0.489 e. The summed E-state index contributed by atoms with van der Waals surface area (Å²) in [5, 5.41) is 0. The summed E-state index contributed by atoms with van der Waals surface area (Å²) in [5.74, 6) is 0.582. The molecule has 0 aliphatic carbocycles. The highest BCUT2D eigenvalue weighted by molar-refractivity contribution is 5.28. The van der Waals surface area contributed by atoms with E-state index >= 15 is 0 Å². The number of halogens is 4. The smallest absolute Gasteiger partial charge is 0.432 e. The van der Waals surface area contributed by atoms with Crippen molar-refractivity contribution in [3.63, 3.8) is 0 Å². The van der Waals surface area contributed by atoms with Crippen LogP contribution in [-0.2, 0) is 32.4 Å². The van der Waals surface area contributed by atoms with E-state index in [1.165, 1.54) is 12.1 Å². The van der Waals surface area contributed by atoms with Gasteiger partial charge in [-0.3, -0.25) is 4.90 Å². The number of ether oxygens (including phenoxy) is 1. The average molecular weight is 469 g/mol. The van der Waals surface area contributed by atoms with Crippen molar-refractivity contribution in [1.82, 2.24) is 14.9 Å². The second kappa shape index (κ2) is 10.5. The summed E-state index contributed by atoms with van der Waals surface area (Å²) in [6.45, 7) is 1.49. The summed E-state index contributed by atoms with van der Waals surface area (Å²) in [6, 6.07) is 23.4. The van der Waals surface area contributed by atoms with E-state index in [1.54, 1.807) is 12.1 Å². The van der Waals surface area contributed by atoms with Gasteiger partial charge in [-0.15, -0.1) is 0 Å². The number of nitrogens with one attached hydrogen (secondary N) is 1. The van der Waals surface area contributed by atoms with Gasteiger partial charge in [-0.2, -0.15) is 13.2 Å². The Kier molecular flexibility index (Phi) is 7.27. The predicted octanol–water partition coefficient (Wildman–Crippen LogP) is 6.35. The van der Waals surface area contributed by atoms with Gasteiger partial charge in [-0.05, 0) is 41.0 Å². The molecular weight excluding hydrogens is 446 g/mol. The van der Waals surface area contributed by atoms with E-state index in [4.69, 9.17) is 4.74 Å². The Morgan fingerprint density at radius 3 is 1.97 bits per heavy atom. The molecule has 0 atom stereocenters. The Labute approximate surface area is 194 Å². The van der Waals surface area contributed by atoms with Gasteiger partial charge in [0.1, 0.15) is 29.7 Å². The monoisotopic (exact) mass is 469 g/mol. The van der Waals surface area contributed by atoms with E-state index in [-0.39, 0.29) is 18.2 Å². The fraction of sp³-hybridized carbons (Fsp3) is 0.192. The number of hydrogen-bond acceptors (Lipinski definition) is 3. The van der Waals surface area contributed by atoms with Crippen LogP contribution >= 0.6 is 0 Å². The molecule has 0 radical (unpaired) electrons. The minimum atomic E-state index is -4.48. The van der Waals surface area contributed by atoms with Crippen LogP contribution in [0.5, 0.6) is 5.75 Å². The van der Waals surface area contributed by atoms with E-state index in [2.05, 4.69) is 9.97 Å². The van der Waals surface area contributed by atoms with Crippen molar-refractivity contribution in [2.24, 2.45) is 0 Å². The zero-order valence-corrected chi connectivity index (χ0v) is 18.2. The summed E-state index contributed by atoms with van der Waals surface area (Å²) in [6.07, 6.45) is -3.69. The predicted molar refractivity (Wildman–Crippen MR) is 120 cm³/mol. The highest BCUT2D eigenvalue weighted by atomic mass is 19.4. The van der Waals surface area contributed by atoms with Crippen molar-refractivity contribution in [3.05, 3.63) is 119 Å². The maximum Gasteiger partial charge on any atom is 0.432 e. The van der Waals surface area contributed by atoms with Crippen LogP contribution in [0.25, 0.3) is 0 Å². The van der Waals surface area contributed by atoms with Gasteiger partial charge in [-0.25, -0.2) is 9.37 Å². The quantitative estimate of drug-likeness (QED) is 0.291. The molecule has 4 nitrogen and oxygen atoms in total. The first-order chi connectivity index (χ1) is 16.3. The van der Waals surface area contributed by atoms with Gasteiger partial charge in [0.25, 0.3) is 0 Å². The molecular formula is C26H23F4N3O. The van der Waals surface area contributed by atoms with Gasteiger partial charge in [0, 0.05) is 13.1 Å².